The second-order valence-electron chi connectivity index (χ2n) is 8.52. The molecule has 0 saturated carbocycles. The molecule has 2 bridgehead atoms. The lowest BCUT2D eigenvalue weighted by molar-refractivity contribution is -0.127. The first-order valence-corrected chi connectivity index (χ1v) is 11.8. The summed E-state index contributed by atoms with van der Waals surface area (Å²) in [6.45, 7) is 7.41. The molecule has 2 aliphatic rings. The fourth-order valence-corrected chi connectivity index (χ4v) is 4.37. The molecule has 2 atom stereocenters. The van der Waals surface area contributed by atoms with E-state index in [2.05, 4.69) is 47.5 Å². The summed E-state index contributed by atoms with van der Waals surface area (Å²) < 4.78 is 17.5. The Morgan fingerprint density at radius 3 is 2.94 bits per heavy atom. The van der Waals surface area contributed by atoms with Crippen molar-refractivity contribution in [3.63, 3.8) is 0 Å². The van der Waals surface area contributed by atoms with Crippen LogP contribution in [0.5, 0.6) is 11.5 Å². The van der Waals surface area contributed by atoms with Gasteiger partial charge in [0.1, 0.15) is 18.1 Å². The minimum Gasteiger partial charge on any atom is -0.494 e. The third kappa shape index (κ3) is 6.02. The molecule has 0 aromatic heterocycles. The zero-order valence-corrected chi connectivity index (χ0v) is 19.0. The van der Waals surface area contributed by atoms with E-state index in [4.69, 9.17) is 14.2 Å². The Kier molecular flexibility index (Phi) is 8.02. The first-order valence-electron chi connectivity index (χ1n) is 11.8. The predicted octanol–water partition coefficient (Wildman–Crippen LogP) is 3.88. The van der Waals surface area contributed by atoms with E-state index in [1.54, 1.807) is 0 Å². The second kappa shape index (κ2) is 11.3. The van der Waals surface area contributed by atoms with Crippen molar-refractivity contribution in [3.8, 4) is 22.6 Å². The molecule has 2 aromatic carbocycles. The van der Waals surface area contributed by atoms with Gasteiger partial charge in [0, 0.05) is 25.2 Å². The monoisotopic (exact) mass is 438 g/mol. The van der Waals surface area contributed by atoms with Crippen LogP contribution in [0, 0.1) is 5.92 Å². The number of hydrogen-bond acceptors (Lipinski definition) is 5. The zero-order chi connectivity index (χ0) is 22.2. The maximum Gasteiger partial charge on any atom is 0.224 e. The number of benzene rings is 2. The van der Waals surface area contributed by atoms with Gasteiger partial charge in [0.05, 0.1) is 25.7 Å². The summed E-state index contributed by atoms with van der Waals surface area (Å²) in [6.07, 6.45) is 2.96. The van der Waals surface area contributed by atoms with E-state index < -0.39 is 0 Å². The summed E-state index contributed by atoms with van der Waals surface area (Å²) in [5.41, 5.74) is 3.40. The van der Waals surface area contributed by atoms with Gasteiger partial charge in [-0.1, -0.05) is 25.1 Å². The lowest BCUT2D eigenvalue weighted by Gasteiger charge is -2.32. The third-order valence-electron chi connectivity index (χ3n) is 6.00. The molecule has 172 valence electrons. The van der Waals surface area contributed by atoms with Crippen molar-refractivity contribution >= 4 is 5.91 Å². The van der Waals surface area contributed by atoms with Gasteiger partial charge < -0.3 is 19.5 Å². The molecule has 32 heavy (non-hydrogen) atoms. The van der Waals surface area contributed by atoms with Crippen molar-refractivity contribution in [2.45, 2.75) is 32.7 Å². The number of ether oxygens (including phenoxy) is 3. The molecule has 2 unspecified atom stereocenters. The topological polar surface area (TPSA) is 60.0 Å². The number of nitrogens with one attached hydrogen (secondary N) is 1. The lowest BCUT2D eigenvalue weighted by atomic mass is 9.96. The van der Waals surface area contributed by atoms with E-state index in [0.29, 0.717) is 33.0 Å². The van der Waals surface area contributed by atoms with E-state index in [-0.39, 0.29) is 11.8 Å². The van der Waals surface area contributed by atoms with Gasteiger partial charge in [0.25, 0.3) is 0 Å². The summed E-state index contributed by atoms with van der Waals surface area (Å²) >= 11 is 0. The highest BCUT2D eigenvalue weighted by molar-refractivity contribution is 5.79. The first-order chi connectivity index (χ1) is 15.7. The Balaban J connectivity index is 1.59. The van der Waals surface area contributed by atoms with Crippen molar-refractivity contribution in [1.29, 1.82) is 0 Å². The van der Waals surface area contributed by atoms with E-state index in [1.807, 2.05) is 12.1 Å². The Morgan fingerprint density at radius 2 is 2.03 bits per heavy atom. The molecule has 1 N–H and O–H groups in total. The van der Waals surface area contributed by atoms with Crippen LogP contribution in [0.25, 0.3) is 11.1 Å². The number of amides is 1. The highest BCUT2D eigenvalue weighted by Crippen LogP contribution is 2.31. The number of rotatable bonds is 4. The number of fused-ring (bicyclic) bond motifs is 3. The van der Waals surface area contributed by atoms with E-state index >= 15 is 0 Å². The molecule has 0 spiro atoms. The van der Waals surface area contributed by atoms with Gasteiger partial charge in [-0.05, 0) is 61.2 Å². The van der Waals surface area contributed by atoms with Crippen molar-refractivity contribution in [2.75, 3.05) is 46.1 Å². The highest BCUT2D eigenvalue weighted by atomic mass is 16.5. The number of nitrogens with zero attached hydrogens (tertiary/aromatic N) is 1. The number of carbonyl (C=O) groups excluding carboxylic acids is 1. The molecule has 1 amide bonds. The van der Waals surface area contributed by atoms with Gasteiger partial charge in [0.2, 0.25) is 5.91 Å². The summed E-state index contributed by atoms with van der Waals surface area (Å²) in [4.78, 5) is 14.9. The van der Waals surface area contributed by atoms with Gasteiger partial charge in [-0.3, -0.25) is 9.69 Å². The van der Waals surface area contributed by atoms with Crippen molar-refractivity contribution < 1.29 is 19.0 Å². The summed E-state index contributed by atoms with van der Waals surface area (Å²) in [7, 11) is 0. The number of carbonyl (C=O) groups is 1. The molecule has 2 aliphatic heterocycles. The van der Waals surface area contributed by atoms with E-state index in [0.717, 1.165) is 67.1 Å². The lowest BCUT2D eigenvalue weighted by Crippen LogP contribution is -2.43. The molecule has 2 heterocycles. The Morgan fingerprint density at radius 1 is 1.12 bits per heavy atom. The SMILES string of the molecule is CCCOc1cccc(-c2ccc3c(c2)CN2CCCC(C2)C(=O)NCCOCCO3)c1. The van der Waals surface area contributed by atoms with Crippen LogP contribution in [0.3, 0.4) is 0 Å². The van der Waals surface area contributed by atoms with Crippen LogP contribution >= 0.6 is 0 Å². The average Bonchev–Trinajstić information content (AvgIpc) is 2.82. The van der Waals surface area contributed by atoms with Crippen LogP contribution in [-0.4, -0.2) is 56.9 Å². The molecular weight excluding hydrogens is 404 g/mol. The molecule has 6 nitrogen and oxygen atoms in total. The highest BCUT2D eigenvalue weighted by Gasteiger charge is 2.26. The van der Waals surface area contributed by atoms with Crippen molar-refractivity contribution in [3.05, 3.63) is 48.0 Å². The van der Waals surface area contributed by atoms with Crippen LogP contribution in [-0.2, 0) is 16.1 Å². The largest absolute Gasteiger partial charge is 0.494 e. The predicted molar refractivity (Wildman–Crippen MR) is 125 cm³/mol. The van der Waals surface area contributed by atoms with Gasteiger partial charge in [-0.25, -0.2) is 0 Å². The van der Waals surface area contributed by atoms with Crippen LogP contribution < -0.4 is 14.8 Å². The third-order valence-corrected chi connectivity index (χ3v) is 6.00. The summed E-state index contributed by atoms with van der Waals surface area (Å²) in [5.74, 6) is 1.96. The minimum absolute atomic E-state index is 0.0339. The van der Waals surface area contributed by atoms with Gasteiger partial charge in [-0.2, -0.15) is 0 Å². The molecule has 6 heteroatoms. The normalized spacial score (nSPS) is 22.1. The van der Waals surface area contributed by atoms with Crippen molar-refractivity contribution in [2.24, 2.45) is 5.92 Å². The molecular formula is C26H34N2O4. The molecule has 0 aliphatic carbocycles. The van der Waals surface area contributed by atoms with Gasteiger partial charge in [-0.15, -0.1) is 0 Å². The summed E-state index contributed by atoms with van der Waals surface area (Å²) in [5, 5.41) is 3.02. The Hall–Kier alpha value is -2.57. The molecule has 1 fully saturated rings. The maximum atomic E-state index is 12.6. The number of hydrogen-bond donors (Lipinski definition) is 1. The van der Waals surface area contributed by atoms with Gasteiger partial charge in [0.15, 0.2) is 0 Å². The van der Waals surface area contributed by atoms with Crippen LogP contribution in [0.4, 0.5) is 0 Å². The molecule has 2 aromatic rings. The van der Waals surface area contributed by atoms with Gasteiger partial charge >= 0.3 is 0 Å². The molecule has 1 saturated heterocycles. The van der Waals surface area contributed by atoms with Crippen LogP contribution in [0.1, 0.15) is 31.7 Å². The fourth-order valence-electron chi connectivity index (χ4n) is 4.37. The van der Waals surface area contributed by atoms with Crippen LogP contribution in [0.15, 0.2) is 42.5 Å². The summed E-state index contributed by atoms with van der Waals surface area (Å²) in [6, 6.07) is 14.6. The quantitative estimate of drug-likeness (QED) is 0.785. The first kappa shape index (κ1) is 22.6. The Labute approximate surface area is 190 Å². The molecule has 0 radical (unpaired) electrons. The van der Waals surface area contributed by atoms with E-state index in [9.17, 15) is 4.79 Å². The zero-order valence-electron chi connectivity index (χ0n) is 19.0. The smallest absolute Gasteiger partial charge is 0.224 e. The minimum atomic E-state index is 0.0339. The second-order valence-corrected chi connectivity index (χ2v) is 8.52. The fraction of sp³-hybridized carbons (Fsp3) is 0.500. The standard InChI is InChI=1S/C26H34N2O4/c1-2-12-31-24-7-3-5-20(17-24)21-8-9-25-23(16-21)19-28-11-4-6-22(18-28)26(29)27-10-13-30-14-15-32-25/h3,5,7-9,16-17,22H,2,4,6,10-15,18-19H2,1H3,(H,27,29). The molecule has 4 rings (SSSR count). The van der Waals surface area contributed by atoms with Crippen LogP contribution in [0.2, 0.25) is 0 Å². The average molecular weight is 439 g/mol. The van der Waals surface area contributed by atoms with Crippen molar-refractivity contribution in [1.82, 2.24) is 10.2 Å². The number of piperidine rings is 1. The Bertz CT molecular complexity index is 901. The maximum absolute atomic E-state index is 12.6. The van der Waals surface area contributed by atoms with E-state index in [1.165, 1.54) is 0 Å².